The number of rotatable bonds is 1. The molecule has 0 radical (unpaired) electrons. The number of carbonyl (C=O) groups is 1. The van der Waals surface area contributed by atoms with Crippen molar-refractivity contribution in [3.63, 3.8) is 0 Å². The Kier molecular flexibility index (Phi) is 3.73. The molecule has 82 valence electrons. The SMILES string of the molecule is CC(C)(C)C(=O)Nc1cc(Cl)cc(Br)n1. The van der Waals surface area contributed by atoms with Crippen LogP contribution in [0, 0.1) is 5.41 Å². The van der Waals surface area contributed by atoms with Gasteiger partial charge in [0.1, 0.15) is 10.4 Å². The Labute approximate surface area is 102 Å². The largest absolute Gasteiger partial charge is 0.310 e. The van der Waals surface area contributed by atoms with Crippen molar-refractivity contribution < 1.29 is 4.79 Å². The Morgan fingerprint density at radius 1 is 1.47 bits per heavy atom. The van der Waals surface area contributed by atoms with Crippen LogP contribution in [0.3, 0.4) is 0 Å². The van der Waals surface area contributed by atoms with E-state index in [4.69, 9.17) is 11.6 Å². The van der Waals surface area contributed by atoms with Crippen LogP contribution in [0.1, 0.15) is 20.8 Å². The Hall–Kier alpha value is -0.610. The van der Waals surface area contributed by atoms with Gasteiger partial charge in [-0.2, -0.15) is 0 Å². The van der Waals surface area contributed by atoms with Gasteiger partial charge in [0.05, 0.1) is 0 Å². The Morgan fingerprint density at radius 2 is 2.07 bits per heavy atom. The van der Waals surface area contributed by atoms with Crippen molar-refractivity contribution in [1.82, 2.24) is 4.98 Å². The predicted molar refractivity (Wildman–Crippen MR) is 65.0 cm³/mol. The first-order valence-corrected chi connectivity index (χ1v) is 5.60. The van der Waals surface area contributed by atoms with Crippen molar-refractivity contribution in [3.05, 3.63) is 21.8 Å². The van der Waals surface area contributed by atoms with E-state index in [-0.39, 0.29) is 5.91 Å². The van der Waals surface area contributed by atoms with E-state index in [1.807, 2.05) is 20.8 Å². The highest BCUT2D eigenvalue weighted by molar-refractivity contribution is 9.10. The van der Waals surface area contributed by atoms with Crippen molar-refractivity contribution in [2.75, 3.05) is 5.32 Å². The van der Waals surface area contributed by atoms with E-state index in [0.717, 1.165) is 0 Å². The summed E-state index contributed by atoms with van der Waals surface area (Å²) in [5, 5.41) is 3.23. The van der Waals surface area contributed by atoms with E-state index in [1.54, 1.807) is 12.1 Å². The van der Waals surface area contributed by atoms with Crippen LogP contribution < -0.4 is 5.32 Å². The van der Waals surface area contributed by atoms with Crippen molar-refractivity contribution in [3.8, 4) is 0 Å². The number of carbonyl (C=O) groups excluding carboxylic acids is 1. The third-order valence-electron chi connectivity index (χ3n) is 1.68. The molecule has 1 heterocycles. The molecule has 1 rings (SSSR count). The smallest absolute Gasteiger partial charge is 0.230 e. The molecule has 0 spiro atoms. The number of nitrogens with zero attached hydrogens (tertiary/aromatic N) is 1. The molecule has 0 aromatic carbocycles. The number of nitrogens with one attached hydrogen (secondary N) is 1. The first-order valence-electron chi connectivity index (χ1n) is 4.43. The third kappa shape index (κ3) is 3.80. The molecule has 1 aromatic heterocycles. The van der Waals surface area contributed by atoms with Gasteiger partial charge >= 0.3 is 0 Å². The zero-order chi connectivity index (χ0) is 11.6. The lowest BCUT2D eigenvalue weighted by Gasteiger charge is -2.17. The molecule has 0 aliphatic heterocycles. The first kappa shape index (κ1) is 12.5. The minimum Gasteiger partial charge on any atom is -0.310 e. The Balaban J connectivity index is 2.86. The molecule has 0 aliphatic carbocycles. The molecule has 5 heteroatoms. The topological polar surface area (TPSA) is 42.0 Å². The van der Waals surface area contributed by atoms with Gasteiger partial charge in [-0.3, -0.25) is 4.79 Å². The van der Waals surface area contributed by atoms with E-state index < -0.39 is 5.41 Å². The second kappa shape index (κ2) is 4.49. The lowest BCUT2D eigenvalue weighted by Crippen LogP contribution is -2.28. The highest BCUT2D eigenvalue weighted by Gasteiger charge is 2.21. The standard InChI is InChI=1S/C10H12BrClN2O/c1-10(2,3)9(15)14-8-5-6(12)4-7(11)13-8/h4-5H,1-3H3,(H,13,14,15). The molecule has 1 aromatic rings. The second-order valence-electron chi connectivity index (χ2n) is 4.20. The summed E-state index contributed by atoms with van der Waals surface area (Å²) in [5.74, 6) is 0.360. The molecule has 3 nitrogen and oxygen atoms in total. The zero-order valence-corrected chi connectivity index (χ0v) is 11.1. The van der Waals surface area contributed by atoms with E-state index in [9.17, 15) is 4.79 Å². The lowest BCUT2D eigenvalue weighted by atomic mass is 9.96. The van der Waals surface area contributed by atoms with Crippen LogP contribution >= 0.6 is 27.5 Å². The van der Waals surface area contributed by atoms with Crippen LogP contribution in [0.5, 0.6) is 0 Å². The summed E-state index contributed by atoms with van der Waals surface area (Å²) in [6.45, 7) is 5.51. The molecular formula is C10H12BrClN2O. The molecule has 0 saturated heterocycles. The average molecular weight is 292 g/mol. The van der Waals surface area contributed by atoms with Crippen molar-refractivity contribution in [2.24, 2.45) is 5.41 Å². The summed E-state index contributed by atoms with van der Waals surface area (Å²) in [7, 11) is 0. The van der Waals surface area contributed by atoms with Gasteiger partial charge in [-0.15, -0.1) is 0 Å². The van der Waals surface area contributed by atoms with Crippen molar-refractivity contribution in [1.29, 1.82) is 0 Å². The van der Waals surface area contributed by atoms with Gasteiger partial charge in [-0.1, -0.05) is 32.4 Å². The van der Waals surface area contributed by atoms with Gasteiger partial charge in [-0.05, 0) is 28.1 Å². The van der Waals surface area contributed by atoms with Crippen LogP contribution in [0.25, 0.3) is 0 Å². The van der Waals surface area contributed by atoms with Gasteiger partial charge in [0.2, 0.25) is 5.91 Å². The molecule has 1 N–H and O–H groups in total. The summed E-state index contributed by atoms with van der Waals surface area (Å²) in [5.41, 5.74) is -0.448. The maximum atomic E-state index is 11.6. The third-order valence-corrected chi connectivity index (χ3v) is 2.31. The zero-order valence-electron chi connectivity index (χ0n) is 8.77. The van der Waals surface area contributed by atoms with Crippen LogP contribution in [0.4, 0.5) is 5.82 Å². The fourth-order valence-electron chi connectivity index (χ4n) is 0.834. The number of amides is 1. The number of aromatic nitrogens is 1. The molecule has 1 amide bonds. The van der Waals surface area contributed by atoms with Crippen molar-refractivity contribution in [2.45, 2.75) is 20.8 Å². The highest BCUT2D eigenvalue weighted by atomic mass is 79.9. The predicted octanol–water partition coefficient (Wildman–Crippen LogP) is 3.48. The number of hydrogen-bond donors (Lipinski definition) is 1. The van der Waals surface area contributed by atoms with Crippen LogP contribution in [0.15, 0.2) is 16.7 Å². The van der Waals surface area contributed by atoms with Gasteiger partial charge in [0, 0.05) is 10.4 Å². The maximum Gasteiger partial charge on any atom is 0.230 e. The van der Waals surface area contributed by atoms with Gasteiger partial charge in [0.15, 0.2) is 0 Å². The monoisotopic (exact) mass is 290 g/mol. The molecule has 0 atom stereocenters. The minimum atomic E-state index is -0.448. The summed E-state index contributed by atoms with van der Waals surface area (Å²) in [6, 6.07) is 3.27. The maximum absolute atomic E-state index is 11.6. The first-order chi connectivity index (χ1) is 6.79. The fraction of sp³-hybridized carbons (Fsp3) is 0.400. The number of halogens is 2. The molecule has 15 heavy (non-hydrogen) atoms. The average Bonchev–Trinajstić information content (AvgIpc) is 1.99. The van der Waals surface area contributed by atoms with E-state index in [2.05, 4.69) is 26.2 Å². The van der Waals surface area contributed by atoms with Crippen molar-refractivity contribution >= 4 is 39.3 Å². The summed E-state index contributed by atoms with van der Waals surface area (Å²) in [4.78, 5) is 15.7. The molecule has 0 saturated carbocycles. The van der Waals surface area contributed by atoms with E-state index in [1.165, 1.54) is 0 Å². The van der Waals surface area contributed by atoms with Crippen LogP contribution in [-0.4, -0.2) is 10.9 Å². The molecule has 0 fully saturated rings. The highest BCUT2D eigenvalue weighted by Crippen LogP contribution is 2.21. The van der Waals surface area contributed by atoms with E-state index in [0.29, 0.717) is 15.4 Å². The minimum absolute atomic E-state index is 0.0934. The summed E-state index contributed by atoms with van der Waals surface area (Å²) >= 11 is 9.03. The Morgan fingerprint density at radius 3 is 2.53 bits per heavy atom. The fourth-order valence-corrected chi connectivity index (χ4v) is 1.61. The van der Waals surface area contributed by atoms with Gasteiger partial charge < -0.3 is 5.32 Å². The van der Waals surface area contributed by atoms with Crippen LogP contribution in [0.2, 0.25) is 5.02 Å². The van der Waals surface area contributed by atoms with E-state index >= 15 is 0 Å². The quantitative estimate of drug-likeness (QED) is 0.805. The number of hydrogen-bond acceptors (Lipinski definition) is 2. The van der Waals surface area contributed by atoms with Gasteiger partial charge in [-0.25, -0.2) is 4.98 Å². The molecule has 0 aliphatic rings. The second-order valence-corrected chi connectivity index (χ2v) is 5.45. The molecule has 0 unspecified atom stereocenters. The normalized spacial score (nSPS) is 11.3. The summed E-state index contributed by atoms with van der Waals surface area (Å²) in [6.07, 6.45) is 0. The van der Waals surface area contributed by atoms with Gasteiger partial charge in [0.25, 0.3) is 0 Å². The number of anilines is 1. The Bertz CT molecular complexity index is 367. The summed E-state index contributed by atoms with van der Waals surface area (Å²) < 4.78 is 0.596. The molecule has 0 bridgehead atoms. The van der Waals surface area contributed by atoms with Crippen LogP contribution in [-0.2, 0) is 4.79 Å². The molecular weight excluding hydrogens is 279 g/mol. The number of pyridine rings is 1. The lowest BCUT2D eigenvalue weighted by molar-refractivity contribution is -0.123.